The van der Waals surface area contributed by atoms with Gasteiger partial charge in [0.15, 0.2) is 0 Å². The number of ether oxygens (including phenoxy) is 1. The number of hydrogen-bond acceptors (Lipinski definition) is 4. The van der Waals surface area contributed by atoms with Crippen molar-refractivity contribution < 1.29 is 9.53 Å². The first-order valence-corrected chi connectivity index (χ1v) is 6.36. The largest absolute Gasteiger partial charge is 0.462 e. The molecule has 1 aliphatic heterocycles. The minimum absolute atomic E-state index is 0. The van der Waals surface area contributed by atoms with Crippen molar-refractivity contribution in [3.05, 3.63) is 29.8 Å². The second-order valence-electron chi connectivity index (χ2n) is 4.99. The number of halogens is 1. The zero-order valence-corrected chi connectivity index (χ0v) is 12.0. The van der Waals surface area contributed by atoms with Crippen LogP contribution in [0.1, 0.15) is 23.2 Å². The van der Waals surface area contributed by atoms with Crippen LogP contribution in [0.2, 0.25) is 0 Å². The van der Waals surface area contributed by atoms with Gasteiger partial charge in [-0.3, -0.25) is 0 Å². The van der Waals surface area contributed by atoms with Gasteiger partial charge in [0.25, 0.3) is 0 Å². The number of benzene rings is 1. The van der Waals surface area contributed by atoms with Gasteiger partial charge in [-0.1, -0.05) is 0 Å². The van der Waals surface area contributed by atoms with Crippen LogP contribution in [0.15, 0.2) is 24.3 Å². The Hall–Kier alpha value is -1.26. The third-order valence-corrected chi connectivity index (χ3v) is 3.32. The Labute approximate surface area is 120 Å². The molecule has 106 valence electrons. The van der Waals surface area contributed by atoms with Gasteiger partial charge in [-0.2, -0.15) is 0 Å². The lowest BCUT2D eigenvalue weighted by molar-refractivity contribution is 0.0372. The van der Waals surface area contributed by atoms with Crippen molar-refractivity contribution in [2.45, 2.75) is 12.8 Å². The number of likely N-dealkylation sites (tertiary alicyclic amines) is 1. The molecule has 1 atom stereocenters. The number of nitrogens with two attached hydrogens (primary N) is 1. The van der Waals surface area contributed by atoms with Crippen LogP contribution in [0.3, 0.4) is 0 Å². The summed E-state index contributed by atoms with van der Waals surface area (Å²) in [6, 6.07) is 6.82. The molecule has 4 nitrogen and oxygen atoms in total. The van der Waals surface area contributed by atoms with Crippen LogP contribution in [-0.2, 0) is 4.74 Å². The average molecular weight is 285 g/mol. The van der Waals surface area contributed by atoms with Gasteiger partial charge in [-0.05, 0) is 50.7 Å². The summed E-state index contributed by atoms with van der Waals surface area (Å²) in [6.45, 7) is 2.66. The van der Waals surface area contributed by atoms with Gasteiger partial charge in [0.2, 0.25) is 0 Å². The minimum Gasteiger partial charge on any atom is -0.462 e. The molecule has 1 aromatic rings. The number of rotatable bonds is 3. The topological polar surface area (TPSA) is 55.6 Å². The van der Waals surface area contributed by atoms with Crippen LogP contribution in [0, 0.1) is 5.92 Å². The number of esters is 1. The monoisotopic (exact) mass is 284 g/mol. The van der Waals surface area contributed by atoms with Gasteiger partial charge in [-0.15, -0.1) is 12.4 Å². The van der Waals surface area contributed by atoms with Crippen molar-refractivity contribution in [2.75, 3.05) is 32.5 Å². The van der Waals surface area contributed by atoms with E-state index >= 15 is 0 Å². The maximum atomic E-state index is 11.8. The Morgan fingerprint density at radius 2 is 2.11 bits per heavy atom. The molecule has 1 aliphatic rings. The lowest BCUT2D eigenvalue weighted by atomic mass is 9.99. The predicted molar refractivity (Wildman–Crippen MR) is 78.6 cm³/mol. The number of nitrogen functional groups attached to an aromatic ring is 1. The van der Waals surface area contributed by atoms with E-state index in [0.717, 1.165) is 19.5 Å². The van der Waals surface area contributed by atoms with E-state index < -0.39 is 0 Å². The number of carbonyl (C=O) groups excluding carboxylic acids is 1. The molecule has 0 radical (unpaired) electrons. The van der Waals surface area contributed by atoms with E-state index in [2.05, 4.69) is 11.9 Å². The first-order valence-electron chi connectivity index (χ1n) is 6.36. The maximum absolute atomic E-state index is 11.8. The molecular weight excluding hydrogens is 264 g/mol. The lowest BCUT2D eigenvalue weighted by Gasteiger charge is -2.29. The molecule has 2 N–H and O–H groups in total. The Kier molecular flexibility index (Phi) is 6.12. The van der Waals surface area contributed by atoms with Crippen molar-refractivity contribution in [3.63, 3.8) is 0 Å². The molecule has 0 saturated carbocycles. The summed E-state index contributed by atoms with van der Waals surface area (Å²) < 4.78 is 5.35. The van der Waals surface area contributed by atoms with Crippen molar-refractivity contribution in [3.8, 4) is 0 Å². The number of nitrogens with zero attached hydrogens (tertiary/aromatic N) is 1. The summed E-state index contributed by atoms with van der Waals surface area (Å²) in [5.74, 6) is 0.199. The first kappa shape index (κ1) is 15.8. The highest BCUT2D eigenvalue weighted by atomic mass is 35.5. The predicted octanol–water partition coefficient (Wildman–Crippen LogP) is 2.19. The van der Waals surface area contributed by atoms with E-state index in [1.165, 1.54) is 6.42 Å². The van der Waals surface area contributed by atoms with Gasteiger partial charge >= 0.3 is 5.97 Å². The molecule has 0 aromatic heterocycles. The van der Waals surface area contributed by atoms with Crippen molar-refractivity contribution >= 4 is 24.1 Å². The van der Waals surface area contributed by atoms with E-state index in [0.29, 0.717) is 23.8 Å². The first-order chi connectivity index (χ1) is 8.65. The number of hydrogen-bond donors (Lipinski definition) is 1. The van der Waals surface area contributed by atoms with Crippen LogP contribution in [0.25, 0.3) is 0 Å². The Morgan fingerprint density at radius 3 is 2.74 bits per heavy atom. The maximum Gasteiger partial charge on any atom is 0.338 e. The van der Waals surface area contributed by atoms with Crippen LogP contribution in [-0.4, -0.2) is 37.6 Å². The summed E-state index contributed by atoms with van der Waals surface area (Å²) in [7, 11) is 2.11. The molecule has 0 bridgehead atoms. The molecule has 1 heterocycles. The summed E-state index contributed by atoms with van der Waals surface area (Å²) in [4.78, 5) is 14.1. The fourth-order valence-electron chi connectivity index (χ4n) is 2.31. The third kappa shape index (κ3) is 4.73. The zero-order valence-electron chi connectivity index (χ0n) is 11.2. The standard InChI is InChI=1S/C14H20N2O2.ClH/c1-16-8-2-3-11(9-16)10-18-14(17)12-4-6-13(15)7-5-12;/h4-7,11H,2-3,8-10,15H2,1H3;1H. The third-order valence-electron chi connectivity index (χ3n) is 3.32. The fraction of sp³-hybridized carbons (Fsp3) is 0.500. The molecular formula is C14H21ClN2O2. The molecule has 1 fully saturated rings. The minimum atomic E-state index is -0.261. The van der Waals surface area contributed by atoms with Gasteiger partial charge < -0.3 is 15.4 Å². The summed E-state index contributed by atoms with van der Waals surface area (Å²) >= 11 is 0. The van der Waals surface area contributed by atoms with Crippen molar-refractivity contribution in [1.29, 1.82) is 0 Å². The van der Waals surface area contributed by atoms with E-state index in [1.54, 1.807) is 24.3 Å². The Balaban J connectivity index is 0.00000180. The second kappa shape index (κ2) is 7.36. The summed E-state index contributed by atoms with van der Waals surface area (Å²) in [5, 5.41) is 0. The highest BCUT2D eigenvalue weighted by molar-refractivity contribution is 5.89. The highest BCUT2D eigenvalue weighted by Crippen LogP contribution is 2.16. The quantitative estimate of drug-likeness (QED) is 0.683. The number of anilines is 1. The highest BCUT2D eigenvalue weighted by Gasteiger charge is 2.19. The second-order valence-corrected chi connectivity index (χ2v) is 4.99. The molecule has 1 aromatic carbocycles. The molecule has 0 amide bonds. The molecule has 0 aliphatic carbocycles. The fourth-order valence-corrected chi connectivity index (χ4v) is 2.31. The van der Waals surface area contributed by atoms with E-state index in [9.17, 15) is 4.79 Å². The summed E-state index contributed by atoms with van der Waals surface area (Å²) in [5.41, 5.74) is 6.79. The lowest BCUT2D eigenvalue weighted by Crippen LogP contribution is -2.34. The molecule has 5 heteroatoms. The van der Waals surface area contributed by atoms with Crippen molar-refractivity contribution in [2.24, 2.45) is 5.92 Å². The molecule has 2 rings (SSSR count). The van der Waals surface area contributed by atoms with Gasteiger partial charge in [0.05, 0.1) is 12.2 Å². The van der Waals surface area contributed by atoms with Crippen LogP contribution in [0.5, 0.6) is 0 Å². The van der Waals surface area contributed by atoms with Gasteiger partial charge in [0.1, 0.15) is 0 Å². The normalized spacial score (nSPS) is 19.5. The number of carbonyl (C=O) groups is 1. The van der Waals surface area contributed by atoms with E-state index in [1.807, 2.05) is 0 Å². The zero-order chi connectivity index (χ0) is 13.0. The van der Waals surface area contributed by atoms with E-state index in [4.69, 9.17) is 10.5 Å². The molecule has 19 heavy (non-hydrogen) atoms. The smallest absolute Gasteiger partial charge is 0.338 e. The molecule has 1 unspecified atom stereocenters. The number of piperidine rings is 1. The Bertz CT molecular complexity index is 408. The van der Waals surface area contributed by atoms with Crippen LogP contribution in [0.4, 0.5) is 5.69 Å². The van der Waals surface area contributed by atoms with E-state index in [-0.39, 0.29) is 18.4 Å². The molecule has 0 spiro atoms. The Morgan fingerprint density at radius 1 is 1.42 bits per heavy atom. The average Bonchev–Trinajstić information content (AvgIpc) is 2.37. The van der Waals surface area contributed by atoms with Crippen molar-refractivity contribution in [1.82, 2.24) is 4.90 Å². The van der Waals surface area contributed by atoms with Gasteiger partial charge in [0, 0.05) is 18.2 Å². The SMILES string of the molecule is CN1CCCC(COC(=O)c2ccc(N)cc2)C1.Cl. The molecule has 1 saturated heterocycles. The van der Waals surface area contributed by atoms with Gasteiger partial charge in [-0.25, -0.2) is 4.79 Å². The van der Waals surface area contributed by atoms with Crippen LogP contribution < -0.4 is 5.73 Å². The summed E-state index contributed by atoms with van der Waals surface area (Å²) in [6.07, 6.45) is 2.32. The van der Waals surface area contributed by atoms with Crippen LogP contribution >= 0.6 is 12.4 Å².